The summed E-state index contributed by atoms with van der Waals surface area (Å²) in [5.74, 6) is -0.304. The molecule has 4 rings (SSSR count). The van der Waals surface area contributed by atoms with Crippen molar-refractivity contribution in [2.24, 2.45) is 0 Å². The molecule has 0 radical (unpaired) electrons. The molecule has 0 atom stereocenters. The summed E-state index contributed by atoms with van der Waals surface area (Å²) in [5.41, 5.74) is 4.14. The topological polar surface area (TPSA) is 53.6 Å². The maximum absolute atomic E-state index is 12.7. The van der Waals surface area contributed by atoms with Crippen LogP contribution in [0.25, 0.3) is 0 Å². The molecular weight excluding hydrogens is 426 g/mol. The Morgan fingerprint density at radius 2 is 1.81 bits per heavy atom. The van der Waals surface area contributed by atoms with E-state index in [0.717, 1.165) is 43.0 Å². The van der Waals surface area contributed by atoms with Crippen LogP contribution in [0.1, 0.15) is 32.6 Å². The summed E-state index contributed by atoms with van der Waals surface area (Å²) in [6.07, 6.45) is 0.856. The fourth-order valence-corrected chi connectivity index (χ4v) is 5.16. The van der Waals surface area contributed by atoms with Crippen LogP contribution in [-0.2, 0) is 24.2 Å². The highest BCUT2D eigenvalue weighted by Gasteiger charge is 2.28. The lowest BCUT2D eigenvalue weighted by Crippen LogP contribution is -2.30. The minimum atomic E-state index is -0.304. The van der Waals surface area contributed by atoms with Crippen molar-refractivity contribution >= 4 is 46.0 Å². The Morgan fingerprint density at radius 3 is 2.52 bits per heavy atom. The second-order valence-corrected chi connectivity index (χ2v) is 8.83. The number of para-hydroxylation sites is 1. The smallest absolute Gasteiger partial charge is 0.350 e. The second kappa shape index (κ2) is 10.0. The van der Waals surface area contributed by atoms with Crippen molar-refractivity contribution in [3.8, 4) is 0 Å². The highest BCUT2D eigenvalue weighted by atomic mass is 32.1. The van der Waals surface area contributed by atoms with Gasteiger partial charge < -0.3 is 15.4 Å². The maximum atomic E-state index is 12.7. The first-order valence-corrected chi connectivity index (χ1v) is 11.6. The lowest BCUT2D eigenvalue weighted by Gasteiger charge is -2.27. The van der Waals surface area contributed by atoms with E-state index in [1.165, 1.54) is 21.8 Å². The van der Waals surface area contributed by atoms with Crippen molar-refractivity contribution in [2.75, 3.05) is 23.8 Å². The van der Waals surface area contributed by atoms with Crippen molar-refractivity contribution in [3.05, 3.63) is 81.5 Å². The molecule has 2 heterocycles. The molecular formula is C24H25N3O2S2. The number of thiophene rings is 1. The average Bonchev–Trinajstić information content (AvgIpc) is 3.13. The predicted octanol–water partition coefficient (Wildman–Crippen LogP) is 5.29. The van der Waals surface area contributed by atoms with Crippen LogP contribution in [0.15, 0.2) is 60.7 Å². The summed E-state index contributed by atoms with van der Waals surface area (Å²) in [5, 5.41) is 6.93. The van der Waals surface area contributed by atoms with Crippen LogP contribution >= 0.6 is 23.6 Å². The normalized spacial score (nSPS) is 13.3. The fraction of sp³-hybridized carbons (Fsp3) is 0.250. The Balaban J connectivity index is 1.55. The maximum Gasteiger partial charge on any atom is 0.350 e. The zero-order chi connectivity index (χ0) is 21.6. The molecule has 5 nitrogen and oxygen atoms in total. The van der Waals surface area contributed by atoms with E-state index >= 15 is 0 Å². The number of nitrogens with one attached hydrogen (secondary N) is 2. The number of esters is 1. The number of thiocarbonyl (C=S) groups is 1. The predicted molar refractivity (Wildman–Crippen MR) is 131 cm³/mol. The van der Waals surface area contributed by atoms with Gasteiger partial charge in [0.1, 0.15) is 4.88 Å². The van der Waals surface area contributed by atoms with Crippen LogP contribution in [0.3, 0.4) is 0 Å². The summed E-state index contributed by atoms with van der Waals surface area (Å²) in [7, 11) is 0. The molecule has 7 heteroatoms. The van der Waals surface area contributed by atoms with Crippen molar-refractivity contribution in [2.45, 2.75) is 26.4 Å². The van der Waals surface area contributed by atoms with Crippen LogP contribution in [0.4, 0.5) is 11.4 Å². The Hall–Kier alpha value is -2.74. The lowest BCUT2D eigenvalue weighted by atomic mass is 10.0. The van der Waals surface area contributed by atoms with E-state index in [1.54, 1.807) is 0 Å². The molecule has 31 heavy (non-hydrogen) atoms. The number of hydrogen-bond donors (Lipinski definition) is 2. The molecule has 1 aliphatic rings. The number of hydrogen-bond acceptors (Lipinski definition) is 5. The first-order valence-electron chi connectivity index (χ1n) is 10.3. The molecule has 160 valence electrons. The second-order valence-electron chi connectivity index (χ2n) is 7.32. The molecule has 3 aromatic rings. The van der Waals surface area contributed by atoms with Gasteiger partial charge in [-0.2, -0.15) is 0 Å². The van der Waals surface area contributed by atoms with Gasteiger partial charge >= 0.3 is 5.97 Å². The number of carbonyl (C=O) groups is 1. The first-order chi connectivity index (χ1) is 15.1. The summed E-state index contributed by atoms with van der Waals surface area (Å²) in [6.45, 7) is 4.79. The minimum Gasteiger partial charge on any atom is -0.462 e. The number of ether oxygens (including phenoxy) is 1. The number of anilines is 2. The van der Waals surface area contributed by atoms with Gasteiger partial charge in [0.25, 0.3) is 0 Å². The number of benzene rings is 2. The van der Waals surface area contributed by atoms with Gasteiger partial charge in [0.15, 0.2) is 5.11 Å². The summed E-state index contributed by atoms with van der Waals surface area (Å²) >= 11 is 7.04. The first kappa shape index (κ1) is 21.5. The third-order valence-corrected chi connectivity index (χ3v) is 6.52. The Bertz CT molecular complexity index is 1050. The molecule has 0 aliphatic carbocycles. The molecule has 0 saturated heterocycles. The molecule has 2 N–H and O–H groups in total. The van der Waals surface area contributed by atoms with E-state index < -0.39 is 0 Å². The van der Waals surface area contributed by atoms with E-state index in [1.807, 2.05) is 43.3 Å². The van der Waals surface area contributed by atoms with Crippen LogP contribution in [-0.4, -0.2) is 29.1 Å². The van der Waals surface area contributed by atoms with Gasteiger partial charge in [-0.05, 0) is 48.8 Å². The van der Waals surface area contributed by atoms with Gasteiger partial charge in [0, 0.05) is 30.2 Å². The van der Waals surface area contributed by atoms with Gasteiger partial charge in [-0.3, -0.25) is 4.90 Å². The van der Waals surface area contributed by atoms with Gasteiger partial charge in [-0.1, -0.05) is 48.5 Å². The summed E-state index contributed by atoms with van der Waals surface area (Å²) in [4.78, 5) is 16.9. The largest absolute Gasteiger partial charge is 0.462 e. The third kappa shape index (κ3) is 5.31. The minimum absolute atomic E-state index is 0.304. The Kier molecular flexibility index (Phi) is 6.96. The lowest BCUT2D eigenvalue weighted by molar-refractivity contribution is 0.0533. The van der Waals surface area contributed by atoms with Crippen LogP contribution in [0, 0.1) is 0 Å². The number of carbonyl (C=O) groups excluding carboxylic acids is 1. The molecule has 0 fully saturated rings. The van der Waals surface area contributed by atoms with Gasteiger partial charge in [-0.25, -0.2) is 4.79 Å². The van der Waals surface area contributed by atoms with E-state index in [4.69, 9.17) is 17.0 Å². The number of fused-ring (bicyclic) bond motifs is 1. The van der Waals surface area contributed by atoms with Gasteiger partial charge in [0.05, 0.1) is 12.3 Å². The monoisotopic (exact) mass is 451 g/mol. The SMILES string of the molecule is CCOC(=O)c1sc2c(c1NC(=S)Nc1ccccc1)CCN(Cc1ccccc1)C2. The van der Waals surface area contributed by atoms with Crippen molar-refractivity contribution in [1.82, 2.24) is 4.90 Å². The average molecular weight is 452 g/mol. The molecule has 0 bridgehead atoms. The third-order valence-electron chi connectivity index (χ3n) is 5.12. The van der Waals surface area contributed by atoms with Crippen LogP contribution in [0.2, 0.25) is 0 Å². The molecule has 0 spiro atoms. The molecule has 1 aromatic heterocycles. The van der Waals surface area contributed by atoms with E-state index in [-0.39, 0.29) is 5.97 Å². The van der Waals surface area contributed by atoms with Crippen molar-refractivity contribution in [1.29, 1.82) is 0 Å². The summed E-state index contributed by atoms with van der Waals surface area (Å²) in [6, 6.07) is 20.2. The van der Waals surface area contributed by atoms with Crippen molar-refractivity contribution in [3.63, 3.8) is 0 Å². The summed E-state index contributed by atoms with van der Waals surface area (Å²) < 4.78 is 5.32. The quantitative estimate of drug-likeness (QED) is 0.392. The van der Waals surface area contributed by atoms with E-state index in [9.17, 15) is 4.79 Å². The highest BCUT2D eigenvalue weighted by molar-refractivity contribution is 7.80. The van der Waals surface area contributed by atoms with Crippen LogP contribution < -0.4 is 10.6 Å². The number of rotatable bonds is 6. The van der Waals surface area contributed by atoms with Crippen molar-refractivity contribution < 1.29 is 9.53 Å². The van der Waals surface area contributed by atoms with E-state index in [2.05, 4.69) is 39.8 Å². The van der Waals surface area contributed by atoms with Gasteiger partial charge in [0.2, 0.25) is 0 Å². The molecule has 0 unspecified atom stereocenters. The highest BCUT2D eigenvalue weighted by Crippen LogP contribution is 2.38. The molecule has 2 aromatic carbocycles. The molecule has 1 aliphatic heterocycles. The standard InChI is InChI=1S/C24H25N3O2S2/c1-2-29-23(28)22-21(26-24(30)25-18-11-7-4-8-12-18)19-13-14-27(16-20(19)31-22)15-17-9-5-3-6-10-17/h3-12H,2,13-16H2,1H3,(H2,25,26,30). The molecule has 0 saturated carbocycles. The molecule has 0 amide bonds. The number of nitrogens with zero attached hydrogens (tertiary/aromatic N) is 1. The van der Waals surface area contributed by atoms with E-state index in [0.29, 0.717) is 16.6 Å². The Labute approximate surface area is 192 Å². The Morgan fingerprint density at radius 1 is 1.10 bits per heavy atom. The fourth-order valence-electron chi connectivity index (χ4n) is 3.70. The zero-order valence-electron chi connectivity index (χ0n) is 17.4. The van der Waals surface area contributed by atoms with Crippen LogP contribution in [0.5, 0.6) is 0 Å². The van der Waals surface area contributed by atoms with Gasteiger partial charge in [-0.15, -0.1) is 11.3 Å². The zero-order valence-corrected chi connectivity index (χ0v) is 19.0.